The number of rotatable bonds is 5. The number of anilines is 2. The molecule has 0 aromatic heterocycles. The van der Waals surface area contributed by atoms with Crippen LogP contribution in [0.15, 0.2) is 48.5 Å². The van der Waals surface area contributed by atoms with E-state index in [0.29, 0.717) is 36.9 Å². The molecule has 1 aliphatic rings. The Bertz CT molecular complexity index is 875. The van der Waals surface area contributed by atoms with Crippen LogP contribution < -0.4 is 10.6 Å². The molecule has 1 saturated carbocycles. The van der Waals surface area contributed by atoms with Crippen LogP contribution in [0.2, 0.25) is 0 Å². The minimum Gasteiger partial charge on any atom is -0.326 e. The lowest BCUT2D eigenvalue weighted by Crippen LogP contribution is -2.32. The maximum absolute atomic E-state index is 12.6. The molecule has 28 heavy (non-hydrogen) atoms. The van der Waals surface area contributed by atoms with Gasteiger partial charge in [0.1, 0.15) is 0 Å². The van der Waals surface area contributed by atoms with E-state index in [2.05, 4.69) is 23.6 Å². The summed E-state index contributed by atoms with van der Waals surface area (Å²) in [7, 11) is 0. The molecule has 1 fully saturated rings. The molecule has 2 aromatic carbocycles. The lowest BCUT2D eigenvalue weighted by atomic mass is 9.81. The van der Waals surface area contributed by atoms with Crippen LogP contribution in [-0.2, 0) is 16.0 Å². The summed E-state index contributed by atoms with van der Waals surface area (Å²) in [5.74, 6) is -0.0989. The first-order chi connectivity index (χ1) is 13.6. The summed E-state index contributed by atoms with van der Waals surface area (Å²) in [5, 5.41) is 14.8. The van der Waals surface area contributed by atoms with E-state index in [1.807, 2.05) is 24.3 Å². The molecular formula is C23H25N3O2. The molecule has 0 atom stereocenters. The summed E-state index contributed by atoms with van der Waals surface area (Å²) in [4.78, 5) is 25.1. The van der Waals surface area contributed by atoms with E-state index < -0.39 is 0 Å². The van der Waals surface area contributed by atoms with Crippen molar-refractivity contribution < 1.29 is 9.59 Å². The summed E-state index contributed by atoms with van der Waals surface area (Å²) in [6.45, 7) is 2.07. The highest BCUT2D eigenvalue weighted by atomic mass is 16.2. The Labute approximate surface area is 165 Å². The van der Waals surface area contributed by atoms with Gasteiger partial charge in [0, 0.05) is 23.2 Å². The molecule has 0 unspecified atom stereocenters. The van der Waals surface area contributed by atoms with Gasteiger partial charge in [0.05, 0.1) is 11.6 Å². The Morgan fingerprint density at radius 2 is 1.50 bits per heavy atom. The number of aryl methyl sites for hydroxylation is 1. The van der Waals surface area contributed by atoms with Crippen LogP contribution in [-0.4, -0.2) is 11.8 Å². The number of carbonyl (C=O) groups excluding carboxylic acids is 2. The second-order valence-electron chi connectivity index (χ2n) is 7.23. The zero-order valence-electron chi connectivity index (χ0n) is 16.1. The number of hydrogen-bond donors (Lipinski definition) is 2. The van der Waals surface area contributed by atoms with E-state index in [4.69, 9.17) is 5.26 Å². The van der Waals surface area contributed by atoms with Crippen molar-refractivity contribution >= 4 is 23.2 Å². The van der Waals surface area contributed by atoms with Crippen molar-refractivity contribution in [3.8, 4) is 6.07 Å². The normalized spacial score (nSPS) is 18.7. The predicted molar refractivity (Wildman–Crippen MR) is 110 cm³/mol. The molecule has 1 aliphatic carbocycles. The third kappa shape index (κ3) is 4.77. The molecule has 2 amide bonds. The predicted octanol–water partition coefficient (Wildman–Crippen LogP) is 4.50. The summed E-state index contributed by atoms with van der Waals surface area (Å²) < 4.78 is 0. The van der Waals surface area contributed by atoms with Gasteiger partial charge in [0.15, 0.2) is 0 Å². The number of amides is 2. The molecule has 0 saturated heterocycles. The number of benzene rings is 2. The number of nitrogens with zero attached hydrogens (tertiary/aromatic N) is 1. The van der Waals surface area contributed by atoms with Gasteiger partial charge in [-0.15, -0.1) is 0 Å². The van der Waals surface area contributed by atoms with Crippen molar-refractivity contribution in [1.82, 2.24) is 0 Å². The third-order valence-electron chi connectivity index (χ3n) is 5.41. The molecule has 3 rings (SSSR count). The molecule has 5 nitrogen and oxygen atoms in total. The highest BCUT2D eigenvalue weighted by Crippen LogP contribution is 2.31. The molecular weight excluding hydrogens is 350 g/mol. The molecule has 0 radical (unpaired) electrons. The molecule has 0 spiro atoms. The van der Waals surface area contributed by atoms with Crippen molar-refractivity contribution in [3.63, 3.8) is 0 Å². The van der Waals surface area contributed by atoms with E-state index in [1.54, 1.807) is 24.3 Å². The Balaban J connectivity index is 1.51. The van der Waals surface area contributed by atoms with Crippen molar-refractivity contribution in [3.05, 3.63) is 59.7 Å². The van der Waals surface area contributed by atoms with Gasteiger partial charge in [-0.25, -0.2) is 0 Å². The maximum atomic E-state index is 12.6. The average Bonchev–Trinajstić information content (AvgIpc) is 2.74. The number of para-hydroxylation sites is 1. The Morgan fingerprint density at radius 1 is 0.929 bits per heavy atom. The molecule has 0 heterocycles. The average molecular weight is 375 g/mol. The molecule has 2 N–H and O–H groups in total. The van der Waals surface area contributed by atoms with Crippen LogP contribution in [0.25, 0.3) is 0 Å². The minimum absolute atomic E-state index is 0.0140. The minimum atomic E-state index is -0.0809. The SMILES string of the molecule is CCc1ccccc1NC(=O)C1CCC(C(=O)Nc2ccc(C#N)cc2)CC1. The summed E-state index contributed by atoms with van der Waals surface area (Å²) >= 11 is 0. The smallest absolute Gasteiger partial charge is 0.227 e. The van der Waals surface area contributed by atoms with Gasteiger partial charge in [-0.1, -0.05) is 25.1 Å². The topological polar surface area (TPSA) is 82.0 Å². The largest absolute Gasteiger partial charge is 0.326 e. The second-order valence-corrected chi connectivity index (χ2v) is 7.23. The Morgan fingerprint density at radius 3 is 2.07 bits per heavy atom. The van der Waals surface area contributed by atoms with Crippen molar-refractivity contribution in [2.24, 2.45) is 11.8 Å². The molecule has 5 heteroatoms. The Hall–Kier alpha value is -3.13. The number of nitriles is 1. The summed E-state index contributed by atoms with van der Waals surface area (Å²) in [5.41, 5.74) is 3.27. The van der Waals surface area contributed by atoms with Crippen LogP contribution in [0.4, 0.5) is 11.4 Å². The fraction of sp³-hybridized carbons (Fsp3) is 0.348. The first kappa shape index (κ1) is 19.6. The summed E-state index contributed by atoms with van der Waals surface area (Å²) in [6, 6.07) is 16.8. The first-order valence-electron chi connectivity index (χ1n) is 9.80. The van der Waals surface area contributed by atoms with E-state index in [1.165, 1.54) is 0 Å². The standard InChI is InChI=1S/C23H25N3O2/c1-2-17-5-3-4-6-21(17)26-23(28)19-11-9-18(10-12-19)22(27)25-20-13-7-16(15-24)8-14-20/h3-8,13-14,18-19H,2,9-12H2,1H3,(H,25,27)(H,26,28). The summed E-state index contributed by atoms with van der Waals surface area (Å²) in [6.07, 6.45) is 3.71. The van der Waals surface area contributed by atoms with Gasteiger partial charge in [-0.05, 0) is 68.0 Å². The van der Waals surface area contributed by atoms with E-state index in [-0.39, 0.29) is 23.7 Å². The fourth-order valence-electron chi connectivity index (χ4n) is 3.68. The van der Waals surface area contributed by atoms with Gasteiger partial charge < -0.3 is 10.6 Å². The van der Waals surface area contributed by atoms with E-state index >= 15 is 0 Å². The van der Waals surface area contributed by atoms with Crippen LogP contribution in [0.3, 0.4) is 0 Å². The van der Waals surface area contributed by atoms with E-state index in [0.717, 1.165) is 17.7 Å². The monoisotopic (exact) mass is 375 g/mol. The van der Waals surface area contributed by atoms with Crippen LogP contribution in [0, 0.1) is 23.2 Å². The number of nitrogens with one attached hydrogen (secondary N) is 2. The number of hydrogen-bond acceptors (Lipinski definition) is 3. The van der Waals surface area contributed by atoms with Crippen LogP contribution in [0.1, 0.15) is 43.7 Å². The van der Waals surface area contributed by atoms with Crippen LogP contribution >= 0.6 is 0 Å². The second kappa shape index (κ2) is 9.18. The molecule has 144 valence electrons. The quantitative estimate of drug-likeness (QED) is 0.807. The van der Waals surface area contributed by atoms with Gasteiger partial charge in [0.25, 0.3) is 0 Å². The van der Waals surface area contributed by atoms with Crippen molar-refractivity contribution in [1.29, 1.82) is 5.26 Å². The first-order valence-corrected chi connectivity index (χ1v) is 9.80. The molecule has 0 bridgehead atoms. The maximum Gasteiger partial charge on any atom is 0.227 e. The van der Waals surface area contributed by atoms with Crippen LogP contribution in [0.5, 0.6) is 0 Å². The van der Waals surface area contributed by atoms with Gasteiger partial charge in [-0.3, -0.25) is 9.59 Å². The highest BCUT2D eigenvalue weighted by Gasteiger charge is 2.30. The highest BCUT2D eigenvalue weighted by molar-refractivity contribution is 5.95. The van der Waals surface area contributed by atoms with Gasteiger partial charge in [0.2, 0.25) is 11.8 Å². The van der Waals surface area contributed by atoms with Gasteiger partial charge in [-0.2, -0.15) is 5.26 Å². The zero-order chi connectivity index (χ0) is 19.9. The third-order valence-corrected chi connectivity index (χ3v) is 5.41. The van der Waals surface area contributed by atoms with Crippen molar-refractivity contribution in [2.45, 2.75) is 39.0 Å². The van der Waals surface area contributed by atoms with E-state index in [9.17, 15) is 9.59 Å². The fourth-order valence-corrected chi connectivity index (χ4v) is 3.68. The van der Waals surface area contributed by atoms with Crippen molar-refractivity contribution in [2.75, 3.05) is 10.6 Å². The molecule has 0 aliphatic heterocycles. The van der Waals surface area contributed by atoms with Gasteiger partial charge >= 0.3 is 0 Å². The lowest BCUT2D eigenvalue weighted by molar-refractivity contribution is -0.125. The number of carbonyl (C=O) groups is 2. The zero-order valence-corrected chi connectivity index (χ0v) is 16.1. The lowest BCUT2D eigenvalue weighted by Gasteiger charge is -2.27. The Kier molecular flexibility index (Phi) is 6.44. The molecule has 2 aromatic rings.